The van der Waals surface area contributed by atoms with Gasteiger partial charge in [0.1, 0.15) is 5.75 Å². The minimum absolute atomic E-state index is 0.0663. The van der Waals surface area contributed by atoms with Gasteiger partial charge < -0.3 is 5.11 Å². The van der Waals surface area contributed by atoms with Crippen LogP contribution in [0.1, 0.15) is 0 Å². The van der Waals surface area contributed by atoms with Crippen LogP contribution in [-0.4, -0.2) is 25.5 Å². The summed E-state index contributed by atoms with van der Waals surface area (Å²) < 4.78 is 25.8. The van der Waals surface area contributed by atoms with Crippen LogP contribution >= 0.6 is 0 Å². The second kappa shape index (κ2) is 5.41. The highest BCUT2D eigenvalue weighted by Crippen LogP contribution is 2.25. The molecule has 1 N–H and O–H groups in total. The van der Waals surface area contributed by atoms with Gasteiger partial charge in [0.05, 0.1) is 15.5 Å². The van der Waals surface area contributed by atoms with E-state index in [1.807, 2.05) is 0 Å². The van der Waals surface area contributed by atoms with E-state index in [2.05, 4.69) is 0 Å². The van der Waals surface area contributed by atoms with Crippen LogP contribution in [-0.2, 0) is 10.0 Å². The first-order valence-electron chi connectivity index (χ1n) is 5.85. The molecule has 8 heteroatoms. The summed E-state index contributed by atoms with van der Waals surface area (Å²) in [4.78, 5) is 9.96. The maximum Gasteiger partial charge on any atom is 0.269 e. The van der Waals surface area contributed by atoms with Gasteiger partial charge in [-0.2, -0.15) is 0 Å². The van der Waals surface area contributed by atoms with Gasteiger partial charge >= 0.3 is 0 Å². The predicted molar refractivity (Wildman–Crippen MR) is 76.8 cm³/mol. The summed E-state index contributed by atoms with van der Waals surface area (Å²) in [7, 11) is -2.51. The quantitative estimate of drug-likeness (QED) is 0.688. The Balaban J connectivity index is 2.38. The Morgan fingerprint density at radius 3 is 2.29 bits per heavy atom. The predicted octanol–water partition coefficient (Wildman–Crippen LogP) is 2.13. The van der Waals surface area contributed by atoms with Crippen molar-refractivity contribution in [1.29, 1.82) is 0 Å². The molecule has 0 saturated carbocycles. The van der Waals surface area contributed by atoms with Gasteiger partial charge in [-0.05, 0) is 24.3 Å². The first-order chi connectivity index (χ1) is 9.82. The third-order valence-electron chi connectivity index (χ3n) is 2.90. The zero-order valence-corrected chi connectivity index (χ0v) is 11.8. The summed E-state index contributed by atoms with van der Waals surface area (Å²) in [6.45, 7) is 0. The molecule has 0 aliphatic heterocycles. The molecule has 0 aliphatic rings. The standard InChI is InChI=1S/C13H12N2O5S/c1-14(10-5-7-11(8-6-10)15(17)18)21(19,20)13-4-2-3-12(16)9-13/h2-9,16H,1H3. The fraction of sp³-hybridized carbons (Fsp3) is 0.0769. The van der Waals surface area contributed by atoms with E-state index in [-0.39, 0.29) is 22.0 Å². The van der Waals surface area contributed by atoms with Crippen molar-refractivity contribution in [2.75, 3.05) is 11.4 Å². The topological polar surface area (TPSA) is 101 Å². The lowest BCUT2D eigenvalue weighted by molar-refractivity contribution is -0.384. The summed E-state index contributed by atoms with van der Waals surface area (Å²) >= 11 is 0. The molecule has 2 rings (SSSR count). The van der Waals surface area contributed by atoms with Crippen LogP contribution in [0.25, 0.3) is 0 Å². The van der Waals surface area contributed by atoms with Gasteiger partial charge in [0.25, 0.3) is 15.7 Å². The van der Waals surface area contributed by atoms with E-state index in [0.717, 1.165) is 10.4 Å². The van der Waals surface area contributed by atoms with Crippen LogP contribution in [0.5, 0.6) is 5.75 Å². The Labute approximate surface area is 121 Å². The van der Waals surface area contributed by atoms with Crippen LogP contribution < -0.4 is 4.31 Å². The zero-order chi connectivity index (χ0) is 15.6. The summed E-state index contributed by atoms with van der Waals surface area (Å²) in [6.07, 6.45) is 0. The van der Waals surface area contributed by atoms with Crippen molar-refractivity contribution in [3.63, 3.8) is 0 Å². The number of nitro benzene ring substituents is 1. The Bertz CT molecular complexity index is 771. The number of phenolic OH excluding ortho intramolecular Hbond substituents is 1. The normalized spacial score (nSPS) is 11.1. The van der Waals surface area contributed by atoms with Crippen LogP contribution in [0.4, 0.5) is 11.4 Å². The Kier molecular flexibility index (Phi) is 3.81. The average Bonchev–Trinajstić information content (AvgIpc) is 2.46. The van der Waals surface area contributed by atoms with E-state index < -0.39 is 14.9 Å². The fourth-order valence-corrected chi connectivity index (χ4v) is 2.96. The number of benzene rings is 2. The van der Waals surface area contributed by atoms with E-state index in [9.17, 15) is 23.6 Å². The first kappa shape index (κ1) is 14.8. The zero-order valence-electron chi connectivity index (χ0n) is 11.0. The number of sulfonamides is 1. The maximum absolute atomic E-state index is 12.4. The van der Waals surface area contributed by atoms with Crippen molar-refractivity contribution in [3.8, 4) is 5.75 Å². The third kappa shape index (κ3) is 2.95. The van der Waals surface area contributed by atoms with Crippen molar-refractivity contribution in [2.45, 2.75) is 4.90 Å². The van der Waals surface area contributed by atoms with Gasteiger partial charge in [-0.3, -0.25) is 14.4 Å². The lowest BCUT2D eigenvalue weighted by Gasteiger charge is -2.19. The van der Waals surface area contributed by atoms with Crippen LogP contribution in [0.2, 0.25) is 0 Å². The molecule has 2 aromatic carbocycles. The van der Waals surface area contributed by atoms with Gasteiger partial charge in [0, 0.05) is 25.2 Å². The highest BCUT2D eigenvalue weighted by Gasteiger charge is 2.22. The Morgan fingerprint density at radius 1 is 1.14 bits per heavy atom. The van der Waals surface area contributed by atoms with Crippen molar-refractivity contribution in [1.82, 2.24) is 0 Å². The van der Waals surface area contributed by atoms with Crippen molar-refractivity contribution < 1.29 is 18.4 Å². The SMILES string of the molecule is CN(c1ccc([N+](=O)[O-])cc1)S(=O)(=O)c1cccc(O)c1. The van der Waals surface area contributed by atoms with Crippen LogP contribution in [0.3, 0.4) is 0 Å². The van der Waals surface area contributed by atoms with E-state index in [0.29, 0.717) is 0 Å². The van der Waals surface area contributed by atoms with E-state index in [1.54, 1.807) is 0 Å². The lowest BCUT2D eigenvalue weighted by atomic mass is 10.3. The molecule has 0 aromatic heterocycles. The number of hydrogen-bond donors (Lipinski definition) is 1. The largest absolute Gasteiger partial charge is 0.508 e. The first-order valence-corrected chi connectivity index (χ1v) is 7.29. The van der Waals surface area contributed by atoms with Gasteiger partial charge in [0.15, 0.2) is 0 Å². The molecule has 0 amide bonds. The van der Waals surface area contributed by atoms with Gasteiger partial charge in [-0.25, -0.2) is 8.42 Å². The summed E-state index contributed by atoms with van der Waals surface area (Å²) in [6, 6.07) is 10.4. The summed E-state index contributed by atoms with van der Waals surface area (Å²) in [5.74, 6) is -0.159. The number of anilines is 1. The molecule has 0 saturated heterocycles. The van der Waals surface area contributed by atoms with E-state index in [4.69, 9.17) is 0 Å². The van der Waals surface area contributed by atoms with Crippen molar-refractivity contribution in [2.24, 2.45) is 0 Å². The Morgan fingerprint density at radius 2 is 1.76 bits per heavy atom. The summed E-state index contributed by atoms with van der Waals surface area (Å²) in [5.41, 5.74) is 0.158. The molecule has 0 aliphatic carbocycles. The second-order valence-corrected chi connectivity index (χ2v) is 6.21. The molecule has 21 heavy (non-hydrogen) atoms. The fourth-order valence-electron chi connectivity index (χ4n) is 1.73. The number of nitro groups is 1. The molecule has 0 spiro atoms. The number of aromatic hydroxyl groups is 1. The lowest BCUT2D eigenvalue weighted by Crippen LogP contribution is -2.26. The summed E-state index contributed by atoms with van der Waals surface area (Å²) in [5, 5.41) is 20.0. The number of hydrogen-bond acceptors (Lipinski definition) is 5. The second-order valence-electron chi connectivity index (χ2n) is 4.24. The van der Waals surface area contributed by atoms with Crippen LogP contribution in [0.15, 0.2) is 53.4 Å². The monoisotopic (exact) mass is 308 g/mol. The van der Waals surface area contributed by atoms with Crippen LogP contribution in [0, 0.1) is 10.1 Å². The molecular formula is C13H12N2O5S. The number of rotatable bonds is 4. The van der Waals surface area contributed by atoms with Gasteiger partial charge in [-0.15, -0.1) is 0 Å². The minimum atomic E-state index is -3.84. The molecule has 2 aromatic rings. The third-order valence-corrected chi connectivity index (χ3v) is 4.68. The molecule has 0 atom stereocenters. The molecular weight excluding hydrogens is 296 g/mol. The van der Waals surface area contributed by atoms with E-state index >= 15 is 0 Å². The number of phenols is 1. The minimum Gasteiger partial charge on any atom is -0.508 e. The van der Waals surface area contributed by atoms with Gasteiger partial charge in [0.2, 0.25) is 0 Å². The molecule has 7 nitrogen and oxygen atoms in total. The van der Waals surface area contributed by atoms with E-state index in [1.165, 1.54) is 49.5 Å². The molecule has 0 heterocycles. The number of nitrogens with zero attached hydrogens (tertiary/aromatic N) is 2. The molecule has 0 fully saturated rings. The van der Waals surface area contributed by atoms with Gasteiger partial charge in [-0.1, -0.05) is 6.07 Å². The molecule has 0 bridgehead atoms. The molecule has 0 radical (unpaired) electrons. The highest BCUT2D eigenvalue weighted by molar-refractivity contribution is 7.92. The highest BCUT2D eigenvalue weighted by atomic mass is 32.2. The van der Waals surface area contributed by atoms with Crippen molar-refractivity contribution in [3.05, 3.63) is 58.6 Å². The van der Waals surface area contributed by atoms with Crippen molar-refractivity contribution >= 4 is 21.4 Å². The average molecular weight is 308 g/mol. The molecule has 110 valence electrons. The molecule has 0 unspecified atom stereocenters. The smallest absolute Gasteiger partial charge is 0.269 e. The maximum atomic E-state index is 12.4. The number of non-ortho nitro benzene ring substituents is 1. The Hall–Kier alpha value is -2.61.